The molecule has 1 N–H and O–H groups in total. The SMILES string of the molecule is COc1ccc(Nc2cnnc(N(Cc3ccccc3)C(C)C)n2)cc1. The van der Waals surface area contributed by atoms with Crippen molar-refractivity contribution in [2.75, 3.05) is 17.3 Å². The van der Waals surface area contributed by atoms with Crippen LogP contribution in [0, 0.1) is 0 Å². The highest BCUT2D eigenvalue weighted by molar-refractivity contribution is 5.57. The summed E-state index contributed by atoms with van der Waals surface area (Å²) in [5, 5.41) is 11.6. The van der Waals surface area contributed by atoms with E-state index in [1.165, 1.54) is 5.56 Å². The number of rotatable bonds is 7. The van der Waals surface area contributed by atoms with Crippen molar-refractivity contribution in [1.82, 2.24) is 15.2 Å². The van der Waals surface area contributed by atoms with Crippen LogP contribution in [0.3, 0.4) is 0 Å². The Kier molecular flexibility index (Phi) is 5.63. The van der Waals surface area contributed by atoms with Gasteiger partial charge in [-0.25, -0.2) is 0 Å². The van der Waals surface area contributed by atoms with Gasteiger partial charge in [-0.05, 0) is 43.7 Å². The highest BCUT2D eigenvalue weighted by atomic mass is 16.5. The van der Waals surface area contributed by atoms with Crippen LogP contribution in [-0.2, 0) is 6.54 Å². The number of benzene rings is 2. The fourth-order valence-corrected chi connectivity index (χ4v) is 2.56. The number of nitrogens with one attached hydrogen (secondary N) is 1. The summed E-state index contributed by atoms with van der Waals surface area (Å²) >= 11 is 0. The van der Waals surface area contributed by atoms with Crippen molar-refractivity contribution < 1.29 is 4.74 Å². The Hall–Kier alpha value is -3.15. The van der Waals surface area contributed by atoms with E-state index in [1.54, 1.807) is 13.3 Å². The van der Waals surface area contributed by atoms with Crippen LogP contribution in [0.2, 0.25) is 0 Å². The maximum atomic E-state index is 5.18. The third-order valence-electron chi connectivity index (χ3n) is 3.99. The van der Waals surface area contributed by atoms with E-state index in [1.807, 2.05) is 42.5 Å². The summed E-state index contributed by atoms with van der Waals surface area (Å²) in [6.45, 7) is 4.97. The number of ether oxygens (including phenoxy) is 1. The van der Waals surface area contributed by atoms with Crippen LogP contribution in [0.4, 0.5) is 17.5 Å². The highest BCUT2D eigenvalue weighted by Crippen LogP contribution is 2.21. The lowest BCUT2D eigenvalue weighted by Gasteiger charge is -2.26. The maximum absolute atomic E-state index is 5.18. The zero-order chi connectivity index (χ0) is 18.4. The Balaban J connectivity index is 1.79. The molecule has 0 spiro atoms. The van der Waals surface area contributed by atoms with Gasteiger partial charge in [0.05, 0.1) is 13.3 Å². The van der Waals surface area contributed by atoms with Crippen molar-refractivity contribution in [2.24, 2.45) is 0 Å². The summed E-state index contributed by atoms with van der Waals surface area (Å²) in [4.78, 5) is 6.76. The molecule has 0 saturated heterocycles. The molecular weight excluding hydrogens is 326 g/mol. The van der Waals surface area contributed by atoms with Gasteiger partial charge in [-0.1, -0.05) is 30.3 Å². The largest absolute Gasteiger partial charge is 0.497 e. The average molecular weight is 349 g/mol. The highest BCUT2D eigenvalue weighted by Gasteiger charge is 2.15. The lowest BCUT2D eigenvalue weighted by atomic mass is 10.2. The third kappa shape index (κ3) is 4.47. The summed E-state index contributed by atoms with van der Waals surface area (Å²) in [7, 11) is 1.65. The molecule has 2 aromatic carbocycles. The van der Waals surface area contributed by atoms with Crippen molar-refractivity contribution in [3.63, 3.8) is 0 Å². The first-order valence-electron chi connectivity index (χ1n) is 8.57. The van der Waals surface area contributed by atoms with E-state index in [0.29, 0.717) is 11.8 Å². The molecule has 0 amide bonds. The third-order valence-corrected chi connectivity index (χ3v) is 3.99. The Morgan fingerprint density at radius 3 is 2.42 bits per heavy atom. The zero-order valence-electron chi connectivity index (χ0n) is 15.3. The van der Waals surface area contributed by atoms with Crippen LogP contribution < -0.4 is 15.0 Å². The fourth-order valence-electron chi connectivity index (χ4n) is 2.56. The molecule has 0 unspecified atom stereocenters. The van der Waals surface area contributed by atoms with E-state index in [0.717, 1.165) is 18.0 Å². The predicted molar refractivity (Wildman–Crippen MR) is 104 cm³/mol. The Morgan fingerprint density at radius 2 is 1.77 bits per heavy atom. The Bertz CT molecular complexity index is 821. The van der Waals surface area contributed by atoms with E-state index < -0.39 is 0 Å². The Labute approximate surface area is 153 Å². The summed E-state index contributed by atoms with van der Waals surface area (Å²) in [5.41, 5.74) is 2.12. The van der Waals surface area contributed by atoms with Gasteiger partial charge in [-0.15, -0.1) is 5.10 Å². The van der Waals surface area contributed by atoms with E-state index in [9.17, 15) is 0 Å². The molecule has 1 aromatic heterocycles. The molecule has 0 aliphatic carbocycles. The van der Waals surface area contributed by atoms with E-state index >= 15 is 0 Å². The van der Waals surface area contributed by atoms with E-state index in [2.05, 4.69) is 51.4 Å². The molecule has 134 valence electrons. The van der Waals surface area contributed by atoms with Crippen LogP contribution in [0.25, 0.3) is 0 Å². The molecule has 3 rings (SSSR count). The van der Waals surface area contributed by atoms with Gasteiger partial charge in [0.2, 0.25) is 5.95 Å². The normalized spacial score (nSPS) is 10.6. The van der Waals surface area contributed by atoms with Gasteiger partial charge in [0.25, 0.3) is 0 Å². The van der Waals surface area contributed by atoms with E-state index in [-0.39, 0.29) is 6.04 Å². The second-order valence-corrected chi connectivity index (χ2v) is 6.20. The van der Waals surface area contributed by atoms with Crippen LogP contribution >= 0.6 is 0 Å². The zero-order valence-corrected chi connectivity index (χ0v) is 15.3. The number of nitrogens with zero attached hydrogens (tertiary/aromatic N) is 4. The second-order valence-electron chi connectivity index (χ2n) is 6.20. The number of anilines is 3. The lowest BCUT2D eigenvalue weighted by Crippen LogP contribution is -2.32. The van der Waals surface area contributed by atoms with Crippen molar-refractivity contribution in [1.29, 1.82) is 0 Å². The molecule has 26 heavy (non-hydrogen) atoms. The molecule has 0 aliphatic rings. The minimum absolute atomic E-state index is 0.244. The minimum Gasteiger partial charge on any atom is -0.497 e. The van der Waals surface area contributed by atoms with Crippen molar-refractivity contribution >= 4 is 17.5 Å². The number of aromatic nitrogens is 3. The van der Waals surface area contributed by atoms with Gasteiger partial charge in [-0.2, -0.15) is 10.1 Å². The van der Waals surface area contributed by atoms with Crippen molar-refractivity contribution in [3.8, 4) is 5.75 Å². The first-order chi connectivity index (χ1) is 12.7. The van der Waals surface area contributed by atoms with Crippen LogP contribution in [0.5, 0.6) is 5.75 Å². The van der Waals surface area contributed by atoms with Gasteiger partial charge < -0.3 is 15.0 Å². The smallest absolute Gasteiger partial charge is 0.247 e. The molecule has 0 saturated carbocycles. The van der Waals surface area contributed by atoms with Crippen LogP contribution in [0.15, 0.2) is 60.8 Å². The molecule has 6 heteroatoms. The fraction of sp³-hybridized carbons (Fsp3) is 0.250. The lowest BCUT2D eigenvalue weighted by molar-refractivity contribution is 0.415. The molecule has 0 radical (unpaired) electrons. The number of hydrogen-bond acceptors (Lipinski definition) is 6. The standard InChI is InChI=1S/C20H23N5O/c1-15(2)25(14-16-7-5-4-6-8-16)20-23-19(13-21-24-20)22-17-9-11-18(26-3)12-10-17/h4-13,15H,14H2,1-3H3,(H,22,23,24). The van der Waals surface area contributed by atoms with Gasteiger partial charge in [-0.3, -0.25) is 0 Å². The quantitative estimate of drug-likeness (QED) is 0.694. The molecule has 6 nitrogen and oxygen atoms in total. The molecule has 0 aliphatic heterocycles. The molecule has 3 aromatic rings. The number of hydrogen-bond donors (Lipinski definition) is 1. The number of methoxy groups -OCH3 is 1. The second kappa shape index (κ2) is 8.29. The summed E-state index contributed by atoms with van der Waals surface area (Å²) in [6, 6.07) is 18.2. The summed E-state index contributed by atoms with van der Waals surface area (Å²) in [5.74, 6) is 2.06. The van der Waals surface area contributed by atoms with Gasteiger partial charge in [0, 0.05) is 18.3 Å². The minimum atomic E-state index is 0.244. The van der Waals surface area contributed by atoms with Gasteiger partial charge in [0.15, 0.2) is 5.82 Å². The van der Waals surface area contributed by atoms with Gasteiger partial charge in [0.1, 0.15) is 5.75 Å². The monoisotopic (exact) mass is 349 g/mol. The Morgan fingerprint density at radius 1 is 1.04 bits per heavy atom. The first-order valence-corrected chi connectivity index (χ1v) is 8.57. The van der Waals surface area contributed by atoms with Crippen molar-refractivity contribution in [2.45, 2.75) is 26.4 Å². The predicted octanol–water partition coefficient (Wildman–Crippen LogP) is 4.04. The molecule has 0 atom stereocenters. The molecule has 1 heterocycles. The molecule has 0 bridgehead atoms. The average Bonchev–Trinajstić information content (AvgIpc) is 2.67. The van der Waals surface area contributed by atoms with E-state index in [4.69, 9.17) is 4.74 Å². The van der Waals surface area contributed by atoms with Crippen LogP contribution in [0.1, 0.15) is 19.4 Å². The van der Waals surface area contributed by atoms with Gasteiger partial charge >= 0.3 is 0 Å². The topological polar surface area (TPSA) is 63.2 Å². The summed E-state index contributed by atoms with van der Waals surface area (Å²) in [6.07, 6.45) is 1.62. The first kappa shape index (κ1) is 17.7. The van der Waals surface area contributed by atoms with Crippen LogP contribution in [-0.4, -0.2) is 28.3 Å². The van der Waals surface area contributed by atoms with Crippen molar-refractivity contribution in [3.05, 3.63) is 66.4 Å². The maximum Gasteiger partial charge on any atom is 0.247 e. The molecular formula is C20H23N5O. The molecule has 0 fully saturated rings. The summed E-state index contributed by atoms with van der Waals surface area (Å²) < 4.78 is 5.18.